The van der Waals surface area contributed by atoms with E-state index >= 15 is 0 Å². The summed E-state index contributed by atoms with van der Waals surface area (Å²) >= 11 is 1.74. The lowest BCUT2D eigenvalue weighted by molar-refractivity contribution is 0.456. The van der Waals surface area contributed by atoms with Crippen molar-refractivity contribution < 1.29 is 18.9 Å². The van der Waals surface area contributed by atoms with Crippen LogP contribution in [-0.2, 0) is 0 Å². The Morgan fingerprint density at radius 1 is 0.338 bits per heavy atom. The number of nitrogens with zero attached hydrogens (tertiary/aromatic N) is 1. The molecule has 0 radical (unpaired) electrons. The van der Waals surface area contributed by atoms with E-state index in [0.717, 1.165) is 124 Å². The first-order valence-electron chi connectivity index (χ1n) is 26.7. The molecule has 16 rings (SSSR count). The normalized spacial score (nSPS) is 13.9. The van der Waals surface area contributed by atoms with Crippen molar-refractivity contribution in [1.29, 1.82) is 0 Å². The largest absolute Gasteiger partial charge is 0.458 e. The van der Waals surface area contributed by atoms with E-state index in [4.69, 9.17) is 18.9 Å². The number of ether oxygens (including phenoxy) is 4. The molecule has 10 aromatic rings. The minimum Gasteiger partial charge on any atom is -0.458 e. The van der Waals surface area contributed by atoms with Gasteiger partial charge in [0.1, 0.15) is 46.0 Å². The number of nitrogens with one attached hydrogen (secondary N) is 1. The van der Waals surface area contributed by atoms with Gasteiger partial charge in [0.2, 0.25) is 0 Å². The molecule has 0 aromatic heterocycles. The lowest BCUT2D eigenvalue weighted by atomic mass is 9.30. The third-order valence-corrected chi connectivity index (χ3v) is 18.1. The SMILES string of the molecule is CSN1c2cc3c(cc2B2c4cc5c(cc4Oc4cc(-c6c(C)cccc6C)cc1c42)Oc1cc(-c2c(C)cccc2C)cc2c1B5c1ccccc1O2)B1c2ccccc2Oc2cc(-c4c(C)cccc4C)cc(c21)N3. The van der Waals surface area contributed by atoms with Crippen LogP contribution in [0.25, 0.3) is 33.4 Å². The first-order chi connectivity index (χ1) is 37.6. The van der Waals surface area contributed by atoms with Gasteiger partial charge in [-0.3, -0.25) is 4.31 Å². The number of hydrogen-bond acceptors (Lipinski definition) is 7. The molecule has 6 nitrogen and oxygen atoms in total. The highest BCUT2D eigenvalue weighted by molar-refractivity contribution is 8.00. The molecule has 0 saturated carbocycles. The quantitative estimate of drug-likeness (QED) is 0.139. The zero-order valence-electron chi connectivity index (χ0n) is 43.8. The Morgan fingerprint density at radius 2 is 0.766 bits per heavy atom. The van der Waals surface area contributed by atoms with E-state index in [-0.39, 0.29) is 20.1 Å². The average molecular weight is 1010 g/mol. The summed E-state index contributed by atoms with van der Waals surface area (Å²) in [7, 11) is 0. The van der Waals surface area contributed by atoms with Crippen LogP contribution in [0.2, 0.25) is 0 Å². The lowest BCUT2D eigenvalue weighted by Crippen LogP contribution is -2.64. The zero-order chi connectivity index (χ0) is 51.7. The first kappa shape index (κ1) is 44.8. The molecule has 0 saturated heterocycles. The van der Waals surface area contributed by atoms with E-state index in [1.165, 1.54) is 61.0 Å². The second kappa shape index (κ2) is 16.3. The second-order valence-corrected chi connectivity index (χ2v) is 22.6. The highest BCUT2D eigenvalue weighted by Gasteiger charge is 2.48. The third-order valence-electron chi connectivity index (χ3n) is 17.4. The monoisotopic (exact) mass is 1010 g/mol. The molecule has 0 aliphatic carbocycles. The Bertz CT molecular complexity index is 4260. The fourth-order valence-electron chi connectivity index (χ4n) is 14.2. The zero-order valence-corrected chi connectivity index (χ0v) is 44.6. The highest BCUT2D eigenvalue weighted by atomic mass is 32.2. The minimum absolute atomic E-state index is 0.0771. The van der Waals surface area contributed by atoms with Gasteiger partial charge in [0.05, 0.1) is 5.69 Å². The average Bonchev–Trinajstić information content (AvgIpc) is 3.43. The van der Waals surface area contributed by atoms with Crippen molar-refractivity contribution in [2.45, 2.75) is 41.5 Å². The maximum atomic E-state index is 7.40. The number of para-hydroxylation sites is 2. The van der Waals surface area contributed by atoms with Gasteiger partial charge in [-0.25, -0.2) is 0 Å². The highest BCUT2D eigenvalue weighted by Crippen LogP contribution is 2.47. The van der Waals surface area contributed by atoms with Crippen LogP contribution in [0, 0.1) is 41.5 Å². The number of benzene rings is 10. The Labute approximate surface area is 454 Å². The van der Waals surface area contributed by atoms with E-state index in [2.05, 4.69) is 221 Å². The van der Waals surface area contributed by atoms with Gasteiger partial charge in [-0.05, 0) is 219 Å². The molecule has 10 aromatic carbocycles. The Balaban J connectivity index is 0.936. The van der Waals surface area contributed by atoms with Crippen molar-refractivity contribution in [2.75, 3.05) is 15.9 Å². The van der Waals surface area contributed by atoms with Crippen molar-refractivity contribution in [2.24, 2.45) is 0 Å². The van der Waals surface area contributed by atoms with Crippen LogP contribution in [0.3, 0.4) is 0 Å². The molecule has 6 aliphatic heterocycles. The van der Waals surface area contributed by atoms with Gasteiger partial charge >= 0.3 is 0 Å². The minimum atomic E-state index is -0.186. The smallest absolute Gasteiger partial charge is 0.260 e. The van der Waals surface area contributed by atoms with Crippen LogP contribution in [0.15, 0.2) is 164 Å². The maximum Gasteiger partial charge on any atom is 0.260 e. The van der Waals surface area contributed by atoms with Gasteiger partial charge in [-0.2, -0.15) is 0 Å². The van der Waals surface area contributed by atoms with Crippen LogP contribution in [-0.4, -0.2) is 26.4 Å². The first-order valence-corrected chi connectivity index (χ1v) is 27.9. The molecule has 0 fully saturated rings. The molecule has 0 spiro atoms. The van der Waals surface area contributed by atoms with E-state index in [0.29, 0.717) is 0 Å². The maximum absolute atomic E-state index is 7.40. The fraction of sp³-hybridized carbons (Fsp3) is 0.104. The lowest BCUT2D eigenvalue weighted by Gasteiger charge is -2.42. The van der Waals surface area contributed by atoms with E-state index < -0.39 is 0 Å². The predicted octanol–water partition coefficient (Wildman–Crippen LogP) is 11.3. The molecular formula is C67H49B3N2O4S. The molecule has 0 amide bonds. The van der Waals surface area contributed by atoms with Crippen molar-refractivity contribution in [3.05, 3.63) is 197 Å². The summed E-state index contributed by atoms with van der Waals surface area (Å²) in [6.45, 7) is 12.8. The molecule has 1 N–H and O–H groups in total. The number of fused-ring (bicyclic) bond motifs is 12. The summed E-state index contributed by atoms with van der Waals surface area (Å²) in [5.74, 6) is 6.70. The van der Waals surface area contributed by atoms with Crippen molar-refractivity contribution in [1.82, 2.24) is 0 Å². The van der Waals surface area contributed by atoms with Gasteiger partial charge in [-0.1, -0.05) is 103 Å². The van der Waals surface area contributed by atoms with Crippen molar-refractivity contribution in [3.63, 3.8) is 0 Å². The summed E-state index contributed by atoms with van der Waals surface area (Å²) in [5.41, 5.74) is 29.1. The predicted molar refractivity (Wildman–Crippen MR) is 323 cm³/mol. The molecule has 0 unspecified atom stereocenters. The van der Waals surface area contributed by atoms with Gasteiger partial charge in [0.25, 0.3) is 20.1 Å². The summed E-state index contributed by atoms with van der Waals surface area (Å²) in [5, 5.41) is 4.04. The Morgan fingerprint density at radius 3 is 1.30 bits per heavy atom. The molecule has 6 heterocycles. The topological polar surface area (TPSA) is 52.2 Å². The molecule has 366 valence electrons. The van der Waals surface area contributed by atoms with Crippen LogP contribution < -0.4 is 77.7 Å². The standard InChI is InChI=1S/C67H49B3N2O4S/c1-35-15-12-16-36(2)62(35)41-25-51-65-58(27-41)73-54-23-10-8-21-44(54)68(65)46-31-47-52(33-50(46)71-51)72(77-7)53-26-42(63-37(3)17-13-18-38(63)4)28-59-66(53)70(47)49-32-48-56(34-57(49)75-59)76-61-30-43(64-39(5)19-14-20-40(64)6)29-60-67(61)69(48)45-22-9-11-24-55(45)74-60/h8-34,71H,1-7H3. The van der Waals surface area contributed by atoms with Crippen molar-refractivity contribution >= 4 is 104 Å². The molecule has 77 heavy (non-hydrogen) atoms. The molecular weight excluding hydrogens is 961 g/mol. The Hall–Kier alpha value is -8.46. The number of hydrogen-bond donors (Lipinski definition) is 1. The van der Waals surface area contributed by atoms with Gasteiger partial charge < -0.3 is 24.3 Å². The molecule has 0 atom stereocenters. The van der Waals surface area contributed by atoms with Crippen LogP contribution in [0.4, 0.5) is 22.7 Å². The summed E-state index contributed by atoms with van der Waals surface area (Å²) in [4.78, 5) is 0. The summed E-state index contributed by atoms with van der Waals surface area (Å²) < 4.78 is 30.9. The van der Waals surface area contributed by atoms with Crippen LogP contribution >= 0.6 is 11.9 Å². The van der Waals surface area contributed by atoms with E-state index in [1.54, 1.807) is 11.9 Å². The third kappa shape index (κ3) is 6.36. The van der Waals surface area contributed by atoms with E-state index in [1.807, 2.05) is 0 Å². The molecule has 10 heteroatoms. The van der Waals surface area contributed by atoms with Gasteiger partial charge in [0.15, 0.2) is 0 Å². The Kier molecular flexibility index (Phi) is 9.47. The van der Waals surface area contributed by atoms with Gasteiger partial charge in [-0.15, -0.1) is 0 Å². The fourth-order valence-corrected chi connectivity index (χ4v) is 14.9. The number of aryl methyl sites for hydroxylation is 6. The summed E-state index contributed by atoms with van der Waals surface area (Å²) in [6.07, 6.45) is 2.19. The van der Waals surface area contributed by atoms with E-state index in [9.17, 15) is 0 Å². The summed E-state index contributed by atoms with van der Waals surface area (Å²) in [6, 6.07) is 59.9. The molecule has 6 aliphatic rings. The van der Waals surface area contributed by atoms with Crippen LogP contribution in [0.5, 0.6) is 46.0 Å². The van der Waals surface area contributed by atoms with Gasteiger partial charge in [0, 0.05) is 34.8 Å². The number of rotatable bonds is 4. The van der Waals surface area contributed by atoms with Crippen molar-refractivity contribution in [3.8, 4) is 79.4 Å². The second-order valence-electron chi connectivity index (χ2n) is 21.8. The molecule has 0 bridgehead atoms. The number of anilines is 4. The van der Waals surface area contributed by atoms with Crippen LogP contribution in [0.1, 0.15) is 33.4 Å².